The number of fused-ring (bicyclic) bond motifs is 1. The number of carbonyl (C=O) groups is 1. The molecule has 0 fully saturated rings. The Labute approximate surface area is 158 Å². The molecule has 8 heteroatoms. The van der Waals surface area contributed by atoms with Gasteiger partial charge in [0.2, 0.25) is 5.91 Å². The lowest BCUT2D eigenvalue weighted by Crippen LogP contribution is -2.30. The topological polar surface area (TPSA) is 89.8 Å². The summed E-state index contributed by atoms with van der Waals surface area (Å²) in [6.07, 6.45) is 0. The smallest absolute Gasteiger partial charge is 0.261 e. The lowest BCUT2D eigenvalue weighted by atomic mass is 10.1. The van der Waals surface area contributed by atoms with E-state index in [0.29, 0.717) is 22.4 Å². The summed E-state index contributed by atoms with van der Waals surface area (Å²) in [6, 6.07) is 14.4. The van der Waals surface area contributed by atoms with E-state index >= 15 is 0 Å². The maximum atomic E-state index is 12.6. The van der Waals surface area contributed by atoms with E-state index in [2.05, 4.69) is 19.9 Å². The van der Waals surface area contributed by atoms with E-state index < -0.39 is 0 Å². The molecule has 2 heterocycles. The zero-order valence-electron chi connectivity index (χ0n) is 14.4. The van der Waals surface area contributed by atoms with E-state index in [0.717, 1.165) is 11.3 Å². The molecule has 0 radical (unpaired) electrons. The zero-order chi connectivity index (χ0) is 18.8. The minimum atomic E-state index is -0.291. The zero-order valence-corrected chi connectivity index (χ0v) is 15.2. The molecule has 0 aliphatic carbocycles. The summed E-state index contributed by atoms with van der Waals surface area (Å²) < 4.78 is 5.22. The molecular weight excluding hydrogens is 362 g/mol. The van der Waals surface area contributed by atoms with Crippen LogP contribution in [0.25, 0.3) is 22.2 Å². The minimum absolute atomic E-state index is 0.0970. The number of nitrogens with one attached hydrogen (secondary N) is 1. The molecule has 0 saturated heterocycles. The lowest BCUT2D eigenvalue weighted by Gasteiger charge is -2.11. The first-order valence-electron chi connectivity index (χ1n) is 8.25. The van der Waals surface area contributed by atoms with Crippen molar-refractivity contribution in [3.05, 3.63) is 70.1 Å². The van der Waals surface area contributed by atoms with Crippen LogP contribution in [0, 0.1) is 6.92 Å². The van der Waals surface area contributed by atoms with E-state index in [4.69, 9.17) is 0 Å². The van der Waals surface area contributed by atoms with Crippen LogP contribution in [0.2, 0.25) is 0 Å². The van der Waals surface area contributed by atoms with Crippen molar-refractivity contribution in [1.82, 2.24) is 19.1 Å². The van der Waals surface area contributed by atoms with Crippen molar-refractivity contribution < 1.29 is 4.79 Å². The summed E-state index contributed by atoms with van der Waals surface area (Å²) in [5.41, 5.74) is 2.77. The SMILES string of the molecule is Cc1nc2ccccc2c(=O)n1CC(=O)Nc1ccc(-c2csnn2)cc1. The van der Waals surface area contributed by atoms with E-state index in [9.17, 15) is 9.59 Å². The van der Waals surface area contributed by atoms with Gasteiger partial charge in [-0.2, -0.15) is 0 Å². The van der Waals surface area contributed by atoms with Crippen LogP contribution in [-0.4, -0.2) is 25.0 Å². The Morgan fingerprint density at radius 2 is 1.93 bits per heavy atom. The fourth-order valence-electron chi connectivity index (χ4n) is 2.82. The first kappa shape index (κ1) is 17.0. The average Bonchev–Trinajstić information content (AvgIpc) is 3.20. The van der Waals surface area contributed by atoms with E-state index in [1.807, 2.05) is 23.6 Å². The maximum Gasteiger partial charge on any atom is 0.261 e. The van der Waals surface area contributed by atoms with Crippen molar-refractivity contribution in [2.45, 2.75) is 13.5 Å². The monoisotopic (exact) mass is 377 g/mol. The van der Waals surface area contributed by atoms with Crippen LogP contribution in [0.15, 0.2) is 58.7 Å². The van der Waals surface area contributed by atoms with Crippen molar-refractivity contribution >= 4 is 34.0 Å². The first-order valence-corrected chi connectivity index (χ1v) is 9.09. The number of amides is 1. The van der Waals surface area contributed by atoms with Gasteiger partial charge in [-0.1, -0.05) is 28.8 Å². The molecule has 2 aromatic carbocycles. The highest BCUT2D eigenvalue weighted by molar-refractivity contribution is 7.03. The number of para-hydroxylation sites is 1. The molecule has 0 spiro atoms. The highest BCUT2D eigenvalue weighted by Crippen LogP contribution is 2.20. The summed E-state index contributed by atoms with van der Waals surface area (Å²) >= 11 is 1.28. The molecule has 0 unspecified atom stereocenters. The van der Waals surface area contributed by atoms with Gasteiger partial charge in [0.15, 0.2) is 0 Å². The number of aromatic nitrogens is 4. The van der Waals surface area contributed by atoms with Gasteiger partial charge in [0, 0.05) is 16.6 Å². The minimum Gasteiger partial charge on any atom is -0.325 e. The predicted molar refractivity (Wildman–Crippen MR) is 105 cm³/mol. The second-order valence-corrected chi connectivity index (χ2v) is 6.59. The number of aryl methyl sites for hydroxylation is 1. The molecule has 4 rings (SSSR count). The van der Waals surface area contributed by atoms with Crippen LogP contribution in [0.4, 0.5) is 5.69 Å². The van der Waals surface area contributed by atoms with Crippen molar-refractivity contribution in [3.63, 3.8) is 0 Å². The molecule has 4 aromatic rings. The number of rotatable bonds is 4. The standard InChI is InChI=1S/C19H15N5O2S/c1-12-20-16-5-3-2-4-15(16)19(26)24(12)10-18(25)21-14-8-6-13(7-9-14)17-11-27-23-22-17/h2-9,11H,10H2,1H3,(H,21,25). The third-order valence-corrected chi connectivity index (χ3v) is 4.68. The van der Waals surface area contributed by atoms with Gasteiger partial charge < -0.3 is 5.32 Å². The van der Waals surface area contributed by atoms with Crippen LogP contribution in [0.3, 0.4) is 0 Å². The Morgan fingerprint density at radius 1 is 1.15 bits per heavy atom. The summed E-state index contributed by atoms with van der Waals surface area (Å²) in [7, 11) is 0. The number of nitrogens with zero attached hydrogens (tertiary/aromatic N) is 4. The van der Waals surface area contributed by atoms with Crippen molar-refractivity contribution in [2.24, 2.45) is 0 Å². The van der Waals surface area contributed by atoms with Crippen LogP contribution >= 0.6 is 11.5 Å². The molecule has 134 valence electrons. The molecule has 27 heavy (non-hydrogen) atoms. The molecule has 0 aliphatic rings. The Hall–Kier alpha value is -3.39. The van der Waals surface area contributed by atoms with Crippen LogP contribution in [-0.2, 0) is 11.3 Å². The third kappa shape index (κ3) is 3.47. The highest BCUT2D eigenvalue weighted by Gasteiger charge is 2.12. The first-order chi connectivity index (χ1) is 13.1. The maximum absolute atomic E-state index is 12.6. The van der Waals surface area contributed by atoms with E-state index in [1.165, 1.54) is 16.1 Å². The van der Waals surface area contributed by atoms with Gasteiger partial charge in [0.1, 0.15) is 18.1 Å². The number of anilines is 1. The van der Waals surface area contributed by atoms with Gasteiger partial charge in [-0.25, -0.2) is 4.98 Å². The quantitative estimate of drug-likeness (QED) is 0.591. The molecule has 1 amide bonds. The number of hydrogen-bond acceptors (Lipinski definition) is 6. The van der Waals surface area contributed by atoms with Crippen LogP contribution in [0.5, 0.6) is 0 Å². The summed E-state index contributed by atoms with van der Waals surface area (Å²) in [5.74, 6) is 0.209. The van der Waals surface area contributed by atoms with Crippen molar-refractivity contribution in [2.75, 3.05) is 5.32 Å². The molecule has 0 aliphatic heterocycles. The summed E-state index contributed by atoms with van der Waals surface area (Å²) in [4.78, 5) is 29.5. The summed E-state index contributed by atoms with van der Waals surface area (Å²) in [6.45, 7) is 1.62. The number of carbonyl (C=O) groups excluding carboxylic acids is 1. The molecule has 0 atom stereocenters. The van der Waals surface area contributed by atoms with Gasteiger partial charge >= 0.3 is 0 Å². The largest absolute Gasteiger partial charge is 0.325 e. The van der Waals surface area contributed by atoms with Crippen molar-refractivity contribution in [1.29, 1.82) is 0 Å². The van der Waals surface area contributed by atoms with Gasteiger partial charge in [0.25, 0.3) is 5.56 Å². The Bertz CT molecular complexity index is 1170. The fourth-order valence-corrected chi connectivity index (χ4v) is 3.29. The number of benzene rings is 2. The lowest BCUT2D eigenvalue weighted by molar-refractivity contribution is -0.116. The number of hydrogen-bond donors (Lipinski definition) is 1. The van der Waals surface area contributed by atoms with Crippen LogP contribution in [0.1, 0.15) is 5.82 Å². The van der Waals surface area contributed by atoms with E-state index in [1.54, 1.807) is 37.3 Å². The van der Waals surface area contributed by atoms with Gasteiger partial charge in [-0.15, -0.1) is 5.10 Å². The highest BCUT2D eigenvalue weighted by atomic mass is 32.1. The predicted octanol–water partition coefficient (Wildman–Crippen LogP) is 2.86. The second-order valence-electron chi connectivity index (χ2n) is 5.98. The van der Waals surface area contributed by atoms with E-state index in [-0.39, 0.29) is 18.0 Å². The molecule has 1 N–H and O–H groups in total. The molecule has 2 aromatic heterocycles. The second kappa shape index (κ2) is 7.08. The molecule has 0 saturated carbocycles. The van der Waals surface area contributed by atoms with Crippen molar-refractivity contribution in [3.8, 4) is 11.3 Å². The summed E-state index contributed by atoms with van der Waals surface area (Å²) in [5, 5.41) is 9.17. The van der Waals surface area contributed by atoms with Crippen LogP contribution < -0.4 is 10.9 Å². The third-order valence-electron chi connectivity index (χ3n) is 4.18. The molecular formula is C19H15N5O2S. The normalized spacial score (nSPS) is 10.9. The average molecular weight is 377 g/mol. The molecule has 7 nitrogen and oxygen atoms in total. The van der Waals surface area contributed by atoms with Gasteiger partial charge in [0.05, 0.1) is 10.9 Å². The Kier molecular flexibility index (Phi) is 4.47. The van der Waals surface area contributed by atoms with Gasteiger partial charge in [-0.05, 0) is 42.7 Å². The molecule has 0 bridgehead atoms. The Morgan fingerprint density at radius 3 is 2.67 bits per heavy atom. The van der Waals surface area contributed by atoms with Gasteiger partial charge in [-0.3, -0.25) is 14.2 Å². The Balaban J connectivity index is 1.53. The fraction of sp³-hybridized carbons (Fsp3) is 0.105.